The predicted octanol–water partition coefficient (Wildman–Crippen LogP) is -1.21. The molecule has 0 bridgehead atoms. The van der Waals surface area contributed by atoms with Gasteiger partial charge in [0.25, 0.3) is 0 Å². The average molecular weight is 288 g/mol. The molecular weight excluding hydrogens is 272 g/mol. The Kier molecular flexibility index (Phi) is 4.00. The van der Waals surface area contributed by atoms with Gasteiger partial charge in [-0.05, 0) is 6.92 Å². The molecule has 1 aromatic heterocycles. The second-order valence-electron chi connectivity index (χ2n) is 3.96. The quantitative estimate of drug-likeness (QED) is 0.518. The number of ether oxygens (including phenoxy) is 1. The minimum Gasteiger partial charge on any atom is -0.464 e. The molecule has 0 aliphatic carbocycles. The Balaban J connectivity index is 2.21. The van der Waals surface area contributed by atoms with Crippen molar-refractivity contribution in [3.8, 4) is 6.01 Å². The summed E-state index contributed by atoms with van der Waals surface area (Å²) < 4.78 is 28.0. The Bertz CT molecular complexity index is 535. The highest BCUT2D eigenvalue weighted by atomic mass is 32.2. The number of nitrogen functional groups attached to an aromatic ring is 1. The van der Waals surface area contributed by atoms with Gasteiger partial charge in [-0.2, -0.15) is 15.0 Å². The molecule has 0 saturated carbocycles. The van der Waals surface area contributed by atoms with Crippen LogP contribution in [-0.4, -0.2) is 54.6 Å². The molecule has 1 aliphatic rings. The second-order valence-corrected chi connectivity index (χ2v) is 6.26. The molecule has 19 heavy (non-hydrogen) atoms. The van der Waals surface area contributed by atoms with E-state index >= 15 is 0 Å². The molecule has 0 spiro atoms. The fourth-order valence-corrected chi connectivity index (χ4v) is 2.86. The number of hydrogen-bond acceptors (Lipinski definition) is 9. The summed E-state index contributed by atoms with van der Waals surface area (Å²) in [5.74, 6) is 6.01. The van der Waals surface area contributed by atoms with Gasteiger partial charge >= 0.3 is 6.01 Å². The molecule has 106 valence electrons. The van der Waals surface area contributed by atoms with Gasteiger partial charge in [-0.25, -0.2) is 14.3 Å². The summed E-state index contributed by atoms with van der Waals surface area (Å²) in [5, 5.41) is 0. The van der Waals surface area contributed by atoms with Crippen LogP contribution >= 0.6 is 0 Å². The van der Waals surface area contributed by atoms with Gasteiger partial charge in [-0.3, -0.25) is 5.43 Å². The van der Waals surface area contributed by atoms with Gasteiger partial charge < -0.3 is 9.64 Å². The standard InChI is InChI=1S/C9H16N6O3S/c1-2-18-9-12-7(14-10)11-8(13-9)15-3-5-19(16,17)6-4-15/h2-6,10H2,1H3,(H,11,12,13,14). The van der Waals surface area contributed by atoms with Crippen LogP contribution in [0, 0.1) is 0 Å². The third kappa shape index (κ3) is 3.41. The number of nitrogens with two attached hydrogens (primary N) is 1. The molecule has 2 rings (SSSR count). The summed E-state index contributed by atoms with van der Waals surface area (Å²) in [7, 11) is -2.94. The van der Waals surface area contributed by atoms with E-state index in [1.54, 1.807) is 4.90 Å². The Labute approximate surface area is 111 Å². The third-order valence-electron chi connectivity index (χ3n) is 2.63. The molecular formula is C9H16N6O3S. The summed E-state index contributed by atoms with van der Waals surface area (Å²) in [6.45, 7) is 2.93. The first kappa shape index (κ1) is 13.7. The van der Waals surface area contributed by atoms with Crippen LogP contribution in [0.3, 0.4) is 0 Å². The zero-order chi connectivity index (χ0) is 13.9. The highest BCUT2D eigenvalue weighted by Gasteiger charge is 2.24. The van der Waals surface area contributed by atoms with E-state index in [1.165, 1.54) is 0 Å². The molecule has 9 nitrogen and oxygen atoms in total. The summed E-state index contributed by atoms with van der Waals surface area (Å²) >= 11 is 0. The van der Waals surface area contributed by atoms with Crippen molar-refractivity contribution in [2.45, 2.75) is 6.92 Å². The lowest BCUT2D eigenvalue weighted by atomic mass is 10.5. The number of nitrogens with zero attached hydrogens (tertiary/aromatic N) is 4. The molecule has 2 heterocycles. The van der Waals surface area contributed by atoms with Crippen LogP contribution in [-0.2, 0) is 9.84 Å². The topological polar surface area (TPSA) is 123 Å². The van der Waals surface area contributed by atoms with Gasteiger partial charge in [-0.15, -0.1) is 0 Å². The van der Waals surface area contributed by atoms with Crippen molar-refractivity contribution in [2.75, 3.05) is 41.5 Å². The zero-order valence-corrected chi connectivity index (χ0v) is 11.4. The Hall–Kier alpha value is -1.68. The SMILES string of the molecule is CCOc1nc(NN)nc(N2CCS(=O)(=O)CC2)n1. The Morgan fingerprint density at radius 3 is 2.58 bits per heavy atom. The second kappa shape index (κ2) is 5.53. The van der Waals surface area contributed by atoms with Gasteiger partial charge in [0.2, 0.25) is 11.9 Å². The van der Waals surface area contributed by atoms with Gasteiger partial charge in [0.05, 0.1) is 18.1 Å². The molecule has 0 atom stereocenters. The van der Waals surface area contributed by atoms with Crippen LogP contribution in [0.2, 0.25) is 0 Å². The maximum atomic E-state index is 11.4. The van der Waals surface area contributed by atoms with Crippen LogP contribution in [0.25, 0.3) is 0 Å². The average Bonchev–Trinajstić information content (AvgIpc) is 2.38. The molecule has 0 amide bonds. The maximum Gasteiger partial charge on any atom is 0.323 e. The largest absolute Gasteiger partial charge is 0.464 e. The normalized spacial score (nSPS) is 18.1. The van der Waals surface area contributed by atoms with Crippen LogP contribution in [0.5, 0.6) is 6.01 Å². The van der Waals surface area contributed by atoms with E-state index in [9.17, 15) is 8.42 Å². The van der Waals surface area contributed by atoms with E-state index in [-0.39, 0.29) is 23.5 Å². The van der Waals surface area contributed by atoms with Crippen molar-refractivity contribution in [3.05, 3.63) is 0 Å². The van der Waals surface area contributed by atoms with E-state index in [1.807, 2.05) is 6.92 Å². The van der Waals surface area contributed by atoms with Gasteiger partial charge in [0.1, 0.15) is 0 Å². The first-order valence-corrected chi connectivity index (χ1v) is 7.67. The fraction of sp³-hybridized carbons (Fsp3) is 0.667. The highest BCUT2D eigenvalue weighted by molar-refractivity contribution is 7.91. The van der Waals surface area contributed by atoms with E-state index < -0.39 is 9.84 Å². The lowest BCUT2D eigenvalue weighted by Gasteiger charge is -2.26. The zero-order valence-electron chi connectivity index (χ0n) is 10.5. The Morgan fingerprint density at radius 1 is 1.32 bits per heavy atom. The molecule has 1 fully saturated rings. The van der Waals surface area contributed by atoms with E-state index in [0.29, 0.717) is 25.6 Å². The third-order valence-corrected chi connectivity index (χ3v) is 4.24. The molecule has 0 unspecified atom stereocenters. The number of rotatable bonds is 4. The smallest absolute Gasteiger partial charge is 0.323 e. The minimum atomic E-state index is -2.94. The van der Waals surface area contributed by atoms with Crippen molar-refractivity contribution in [3.63, 3.8) is 0 Å². The predicted molar refractivity (Wildman–Crippen MR) is 69.7 cm³/mol. The molecule has 1 saturated heterocycles. The Morgan fingerprint density at radius 2 is 2.00 bits per heavy atom. The minimum absolute atomic E-state index is 0.0913. The summed E-state index contributed by atoms with van der Waals surface area (Å²) in [4.78, 5) is 13.9. The number of nitrogens with one attached hydrogen (secondary N) is 1. The summed E-state index contributed by atoms with van der Waals surface area (Å²) in [6, 6.07) is 0.161. The lowest BCUT2D eigenvalue weighted by Crippen LogP contribution is -2.41. The highest BCUT2D eigenvalue weighted by Crippen LogP contribution is 2.16. The summed E-state index contributed by atoms with van der Waals surface area (Å²) in [5.41, 5.74) is 2.33. The number of sulfone groups is 1. The first-order valence-electron chi connectivity index (χ1n) is 5.85. The van der Waals surface area contributed by atoms with Crippen molar-refractivity contribution in [1.82, 2.24) is 15.0 Å². The number of aromatic nitrogens is 3. The molecule has 3 N–H and O–H groups in total. The lowest BCUT2D eigenvalue weighted by molar-refractivity contribution is 0.312. The van der Waals surface area contributed by atoms with Crippen molar-refractivity contribution >= 4 is 21.7 Å². The number of anilines is 2. The number of hydrazine groups is 1. The van der Waals surface area contributed by atoms with E-state index in [2.05, 4.69) is 20.4 Å². The first-order chi connectivity index (χ1) is 9.04. The van der Waals surface area contributed by atoms with Crippen LogP contribution in [0.15, 0.2) is 0 Å². The van der Waals surface area contributed by atoms with Crippen molar-refractivity contribution < 1.29 is 13.2 Å². The molecule has 1 aliphatic heterocycles. The van der Waals surface area contributed by atoms with Gasteiger partial charge in [0.15, 0.2) is 9.84 Å². The van der Waals surface area contributed by atoms with Gasteiger partial charge in [0, 0.05) is 13.1 Å². The molecule has 0 aromatic carbocycles. The van der Waals surface area contributed by atoms with Gasteiger partial charge in [-0.1, -0.05) is 0 Å². The van der Waals surface area contributed by atoms with Crippen LogP contribution in [0.1, 0.15) is 6.92 Å². The van der Waals surface area contributed by atoms with E-state index in [0.717, 1.165) is 0 Å². The number of hydrogen-bond donors (Lipinski definition) is 2. The maximum absolute atomic E-state index is 11.4. The molecule has 0 radical (unpaired) electrons. The fourth-order valence-electron chi connectivity index (χ4n) is 1.66. The monoisotopic (exact) mass is 288 g/mol. The molecule has 1 aromatic rings. The van der Waals surface area contributed by atoms with Crippen molar-refractivity contribution in [2.24, 2.45) is 5.84 Å². The van der Waals surface area contributed by atoms with Crippen LogP contribution in [0.4, 0.5) is 11.9 Å². The van der Waals surface area contributed by atoms with E-state index in [4.69, 9.17) is 10.6 Å². The van der Waals surface area contributed by atoms with Crippen molar-refractivity contribution in [1.29, 1.82) is 0 Å². The summed E-state index contributed by atoms with van der Waals surface area (Å²) in [6.07, 6.45) is 0. The molecule has 10 heteroatoms. The van der Waals surface area contributed by atoms with Crippen LogP contribution < -0.4 is 20.9 Å².